The Bertz CT molecular complexity index is 1570. The van der Waals surface area contributed by atoms with E-state index in [1.54, 1.807) is 16.7 Å². The summed E-state index contributed by atoms with van der Waals surface area (Å²) in [5, 5.41) is 0. The highest BCUT2D eigenvalue weighted by molar-refractivity contribution is 5.95. The number of hydrogen-bond acceptors (Lipinski definition) is 4. The zero-order valence-corrected chi connectivity index (χ0v) is 20.5. The first-order valence-electron chi connectivity index (χ1n) is 12.4. The van der Waals surface area contributed by atoms with Crippen molar-refractivity contribution >= 4 is 22.7 Å². The van der Waals surface area contributed by atoms with Crippen molar-refractivity contribution in [3.8, 4) is 5.75 Å². The van der Waals surface area contributed by atoms with E-state index in [2.05, 4.69) is 9.88 Å². The van der Waals surface area contributed by atoms with Gasteiger partial charge in [0, 0.05) is 42.9 Å². The SMILES string of the molecule is C[C@H](CN1CCOCC1)n1c(=O)[nH]c2cc(/C=C3/c4ccc(F)cc4OCc4c(F)cccc43)ccc21. The molecule has 6 rings (SSSR count). The van der Waals surface area contributed by atoms with E-state index in [1.165, 1.54) is 18.2 Å². The van der Waals surface area contributed by atoms with Crippen LogP contribution in [-0.2, 0) is 11.3 Å². The second kappa shape index (κ2) is 9.61. The number of imidazole rings is 1. The number of H-pyrrole nitrogens is 1. The van der Waals surface area contributed by atoms with Crippen LogP contribution in [0.15, 0.2) is 59.4 Å². The number of halogens is 2. The van der Waals surface area contributed by atoms with Gasteiger partial charge >= 0.3 is 5.69 Å². The highest BCUT2D eigenvalue weighted by Gasteiger charge is 2.23. The van der Waals surface area contributed by atoms with E-state index in [9.17, 15) is 13.6 Å². The van der Waals surface area contributed by atoms with Crippen LogP contribution in [0.4, 0.5) is 8.78 Å². The summed E-state index contributed by atoms with van der Waals surface area (Å²) in [7, 11) is 0. The van der Waals surface area contributed by atoms with E-state index in [4.69, 9.17) is 9.47 Å². The Hall–Kier alpha value is -3.75. The molecule has 3 heterocycles. The van der Waals surface area contributed by atoms with Gasteiger partial charge in [-0.3, -0.25) is 9.47 Å². The van der Waals surface area contributed by atoms with Gasteiger partial charge in [0.25, 0.3) is 0 Å². The van der Waals surface area contributed by atoms with Gasteiger partial charge in [-0.1, -0.05) is 18.2 Å². The van der Waals surface area contributed by atoms with Crippen molar-refractivity contribution in [1.82, 2.24) is 14.5 Å². The molecule has 37 heavy (non-hydrogen) atoms. The van der Waals surface area contributed by atoms with Gasteiger partial charge in [-0.2, -0.15) is 0 Å². The highest BCUT2D eigenvalue weighted by Crippen LogP contribution is 2.39. The monoisotopic (exact) mass is 503 g/mol. The van der Waals surface area contributed by atoms with E-state index in [0.717, 1.165) is 41.8 Å². The third-order valence-electron chi connectivity index (χ3n) is 7.13. The first-order chi connectivity index (χ1) is 18.0. The summed E-state index contributed by atoms with van der Waals surface area (Å²) in [6.07, 6.45) is 1.93. The Kier molecular flexibility index (Phi) is 6.14. The molecule has 0 aliphatic carbocycles. The molecule has 0 amide bonds. The average molecular weight is 504 g/mol. The molecule has 1 saturated heterocycles. The molecule has 0 radical (unpaired) electrons. The lowest BCUT2D eigenvalue weighted by atomic mass is 9.92. The average Bonchev–Trinajstić information content (AvgIpc) is 3.13. The number of morpholine rings is 1. The lowest BCUT2D eigenvalue weighted by Crippen LogP contribution is -2.40. The first-order valence-corrected chi connectivity index (χ1v) is 12.4. The zero-order chi connectivity index (χ0) is 25.5. The van der Waals surface area contributed by atoms with E-state index in [1.807, 2.05) is 37.3 Å². The van der Waals surface area contributed by atoms with Crippen molar-refractivity contribution in [2.45, 2.75) is 19.6 Å². The number of rotatable bonds is 4. The fraction of sp³-hybridized carbons (Fsp3) is 0.276. The third kappa shape index (κ3) is 4.47. The molecule has 0 saturated carbocycles. The Labute approximate surface area is 212 Å². The molecule has 1 fully saturated rings. The van der Waals surface area contributed by atoms with Crippen LogP contribution in [0.2, 0.25) is 0 Å². The molecule has 2 aliphatic rings. The summed E-state index contributed by atoms with van der Waals surface area (Å²) in [4.78, 5) is 18.2. The van der Waals surface area contributed by atoms with Crippen LogP contribution in [0.25, 0.3) is 22.7 Å². The number of aromatic nitrogens is 2. The van der Waals surface area contributed by atoms with Gasteiger partial charge < -0.3 is 14.5 Å². The maximum absolute atomic E-state index is 14.7. The van der Waals surface area contributed by atoms with E-state index in [0.29, 0.717) is 35.7 Å². The van der Waals surface area contributed by atoms with Crippen molar-refractivity contribution in [1.29, 1.82) is 0 Å². The molecular formula is C29H27F2N3O3. The Morgan fingerprint density at radius 1 is 1.05 bits per heavy atom. The standard InChI is InChI=1S/C29H27F2N3O3/c1-18(16-33-9-11-36-12-10-33)34-27-8-5-19(14-26(27)32-29(34)35)13-23-21-3-2-4-25(31)24(21)17-37-28-15-20(30)6-7-22(23)28/h2-8,13-15,18H,9-12,16-17H2,1H3,(H,32,35)/b23-13+/t18-/m1/s1. The molecule has 1 aromatic heterocycles. The Morgan fingerprint density at radius 3 is 2.73 bits per heavy atom. The van der Waals surface area contributed by atoms with Gasteiger partial charge in [-0.15, -0.1) is 0 Å². The van der Waals surface area contributed by atoms with E-state index >= 15 is 0 Å². The van der Waals surface area contributed by atoms with Crippen LogP contribution in [0.3, 0.4) is 0 Å². The summed E-state index contributed by atoms with van der Waals surface area (Å²) in [6, 6.07) is 15.0. The van der Waals surface area contributed by atoms with Gasteiger partial charge in [0.1, 0.15) is 24.0 Å². The van der Waals surface area contributed by atoms with Crippen LogP contribution in [-0.4, -0.2) is 47.3 Å². The molecule has 1 N–H and O–H groups in total. The van der Waals surface area contributed by atoms with Gasteiger partial charge in [-0.05, 0) is 60.0 Å². The van der Waals surface area contributed by atoms with E-state index < -0.39 is 5.82 Å². The summed E-state index contributed by atoms with van der Waals surface area (Å²) in [5.41, 5.74) is 4.72. The topological polar surface area (TPSA) is 59.5 Å². The summed E-state index contributed by atoms with van der Waals surface area (Å²) in [6.45, 7) is 5.95. The molecule has 1 atom stereocenters. The van der Waals surface area contributed by atoms with Crippen LogP contribution in [0.5, 0.6) is 5.75 Å². The fourth-order valence-corrected chi connectivity index (χ4v) is 5.33. The Balaban J connectivity index is 1.42. The smallest absolute Gasteiger partial charge is 0.326 e. The number of nitrogens with one attached hydrogen (secondary N) is 1. The largest absolute Gasteiger partial charge is 0.488 e. The van der Waals surface area contributed by atoms with Crippen molar-refractivity contribution in [2.24, 2.45) is 0 Å². The lowest BCUT2D eigenvalue weighted by Gasteiger charge is -2.29. The second-order valence-electron chi connectivity index (χ2n) is 9.59. The molecular weight excluding hydrogens is 476 g/mol. The summed E-state index contributed by atoms with van der Waals surface area (Å²) in [5.74, 6) is -0.432. The summed E-state index contributed by atoms with van der Waals surface area (Å²) < 4.78 is 41.8. The fourth-order valence-electron chi connectivity index (χ4n) is 5.33. The maximum Gasteiger partial charge on any atom is 0.326 e. The minimum atomic E-state index is -0.420. The summed E-state index contributed by atoms with van der Waals surface area (Å²) >= 11 is 0. The van der Waals surface area contributed by atoms with Crippen molar-refractivity contribution in [3.63, 3.8) is 0 Å². The number of benzene rings is 3. The van der Waals surface area contributed by atoms with Crippen molar-refractivity contribution in [3.05, 3.63) is 99.0 Å². The minimum Gasteiger partial charge on any atom is -0.488 e. The zero-order valence-electron chi connectivity index (χ0n) is 20.5. The molecule has 0 unspecified atom stereocenters. The minimum absolute atomic E-state index is 0.00599. The van der Waals surface area contributed by atoms with Crippen LogP contribution in [0.1, 0.15) is 35.2 Å². The van der Waals surface area contributed by atoms with Gasteiger partial charge in [-0.25, -0.2) is 13.6 Å². The highest BCUT2D eigenvalue weighted by atomic mass is 19.1. The third-order valence-corrected chi connectivity index (χ3v) is 7.13. The van der Waals surface area contributed by atoms with Crippen LogP contribution in [0, 0.1) is 11.6 Å². The Morgan fingerprint density at radius 2 is 1.89 bits per heavy atom. The van der Waals surface area contributed by atoms with Crippen LogP contribution < -0.4 is 10.4 Å². The number of ether oxygens (including phenoxy) is 2. The van der Waals surface area contributed by atoms with Gasteiger partial charge in [0.05, 0.1) is 24.2 Å². The number of hydrogen-bond donors (Lipinski definition) is 1. The van der Waals surface area contributed by atoms with Gasteiger partial charge in [0.2, 0.25) is 0 Å². The molecule has 190 valence electrons. The lowest BCUT2D eigenvalue weighted by molar-refractivity contribution is 0.0326. The number of fused-ring (bicyclic) bond motifs is 3. The molecule has 6 nitrogen and oxygen atoms in total. The molecule has 3 aromatic carbocycles. The normalized spacial score (nSPS) is 17.8. The second-order valence-corrected chi connectivity index (χ2v) is 9.59. The van der Waals surface area contributed by atoms with Crippen LogP contribution >= 0.6 is 0 Å². The quantitative estimate of drug-likeness (QED) is 0.427. The predicted octanol–water partition coefficient (Wildman–Crippen LogP) is 4.98. The molecule has 0 bridgehead atoms. The molecule has 4 aromatic rings. The maximum atomic E-state index is 14.7. The first kappa shape index (κ1) is 23.6. The molecule has 8 heteroatoms. The van der Waals surface area contributed by atoms with Crippen molar-refractivity contribution in [2.75, 3.05) is 32.8 Å². The number of aromatic amines is 1. The van der Waals surface area contributed by atoms with Crippen molar-refractivity contribution < 1.29 is 18.3 Å². The van der Waals surface area contributed by atoms with E-state index in [-0.39, 0.29) is 24.2 Å². The molecule has 2 aliphatic heterocycles. The molecule has 0 spiro atoms. The predicted molar refractivity (Wildman–Crippen MR) is 139 cm³/mol. The number of nitrogens with zero attached hydrogens (tertiary/aromatic N) is 2. The van der Waals surface area contributed by atoms with Gasteiger partial charge in [0.15, 0.2) is 0 Å².